The first kappa shape index (κ1) is 12.6. The molecule has 0 bridgehead atoms. The summed E-state index contributed by atoms with van der Waals surface area (Å²) in [7, 11) is 0. The van der Waals surface area contributed by atoms with Crippen LogP contribution in [0.25, 0.3) is 22.6 Å². The van der Waals surface area contributed by atoms with E-state index in [2.05, 4.69) is 5.16 Å². The molecule has 0 spiro atoms. The van der Waals surface area contributed by atoms with E-state index in [1.807, 2.05) is 61.5 Å². The van der Waals surface area contributed by atoms with E-state index in [-0.39, 0.29) is 6.61 Å². The van der Waals surface area contributed by atoms with Crippen molar-refractivity contribution in [2.75, 3.05) is 0 Å². The Bertz CT molecular complexity index is 700. The quantitative estimate of drug-likeness (QED) is 0.783. The molecule has 0 aliphatic carbocycles. The van der Waals surface area contributed by atoms with Crippen molar-refractivity contribution < 1.29 is 9.63 Å². The number of aliphatic hydroxyl groups is 1. The molecule has 1 heterocycles. The van der Waals surface area contributed by atoms with Gasteiger partial charge in [-0.05, 0) is 6.92 Å². The number of hydrogen-bond acceptors (Lipinski definition) is 3. The predicted octanol–water partition coefficient (Wildman–Crippen LogP) is 3.81. The van der Waals surface area contributed by atoms with Crippen LogP contribution in [-0.4, -0.2) is 10.3 Å². The predicted molar refractivity (Wildman–Crippen MR) is 78.0 cm³/mol. The molecule has 1 N–H and O–H groups in total. The second-order valence-corrected chi connectivity index (χ2v) is 4.73. The van der Waals surface area contributed by atoms with Crippen LogP contribution < -0.4 is 0 Å². The van der Waals surface area contributed by atoms with Gasteiger partial charge in [0.1, 0.15) is 5.69 Å². The molecular formula is C17H15NO2. The van der Waals surface area contributed by atoms with Gasteiger partial charge in [0.2, 0.25) is 0 Å². The molecule has 3 heteroatoms. The van der Waals surface area contributed by atoms with E-state index in [1.165, 1.54) is 5.56 Å². The standard InChI is InChI=1S/C17H15NO2/c1-12-7-9-14(10-8-12)17-15(11-19)16(18-20-17)13-5-3-2-4-6-13/h2-10,19H,11H2,1H3. The summed E-state index contributed by atoms with van der Waals surface area (Å²) < 4.78 is 5.46. The van der Waals surface area contributed by atoms with E-state index in [4.69, 9.17) is 4.52 Å². The second-order valence-electron chi connectivity index (χ2n) is 4.73. The third kappa shape index (κ3) is 2.24. The van der Waals surface area contributed by atoms with Crippen LogP contribution in [0.15, 0.2) is 59.1 Å². The van der Waals surface area contributed by atoms with Crippen LogP contribution in [0, 0.1) is 6.92 Å². The highest BCUT2D eigenvalue weighted by Crippen LogP contribution is 2.32. The zero-order chi connectivity index (χ0) is 13.9. The fraction of sp³-hybridized carbons (Fsp3) is 0.118. The minimum Gasteiger partial charge on any atom is -0.391 e. The van der Waals surface area contributed by atoms with E-state index in [0.717, 1.165) is 16.7 Å². The van der Waals surface area contributed by atoms with Gasteiger partial charge in [-0.2, -0.15) is 0 Å². The van der Waals surface area contributed by atoms with Gasteiger partial charge < -0.3 is 9.63 Å². The van der Waals surface area contributed by atoms with Crippen LogP contribution >= 0.6 is 0 Å². The Hall–Kier alpha value is -2.39. The third-order valence-electron chi connectivity index (χ3n) is 3.31. The van der Waals surface area contributed by atoms with E-state index in [1.54, 1.807) is 0 Å². The summed E-state index contributed by atoms with van der Waals surface area (Å²) in [4.78, 5) is 0. The molecule has 0 aliphatic rings. The summed E-state index contributed by atoms with van der Waals surface area (Å²) in [6.45, 7) is 1.93. The summed E-state index contributed by atoms with van der Waals surface area (Å²) >= 11 is 0. The molecule has 0 fully saturated rings. The Labute approximate surface area is 117 Å². The number of aromatic nitrogens is 1. The zero-order valence-corrected chi connectivity index (χ0v) is 11.2. The van der Waals surface area contributed by atoms with E-state index in [0.29, 0.717) is 11.5 Å². The molecule has 2 aromatic carbocycles. The maximum absolute atomic E-state index is 9.67. The average molecular weight is 265 g/mol. The van der Waals surface area contributed by atoms with Gasteiger partial charge in [-0.3, -0.25) is 0 Å². The molecule has 3 rings (SSSR count). The van der Waals surface area contributed by atoms with Crippen molar-refractivity contribution in [3.8, 4) is 22.6 Å². The lowest BCUT2D eigenvalue weighted by atomic mass is 10.0. The van der Waals surface area contributed by atoms with Gasteiger partial charge >= 0.3 is 0 Å². The molecule has 0 amide bonds. The van der Waals surface area contributed by atoms with Gasteiger partial charge in [0, 0.05) is 11.1 Å². The van der Waals surface area contributed by atoms with E-state index < -0.39 is 0 Å². The zero-order valence-electron chi connectivity index (χ0n) is 11.2. The number of aryl methyl sites for hydroxylation is 1. The lowest BCUT2D eigenvalue weighted by molar-refractivity contribution is 0.281. The number of rotatable bonds is 3. The minimum atomic E-state index is -0.100. The molecule has 3 aromatic rings. The van der Waals surface area contributed by atoms with Crippen LogP contribution in [0.4, 0.5) is 0 Å². The summed E-state index contributed by atoms with van der Waals surface area (Å²) in [5.41, 5.74) is 4.47. The summed E-state index contributed by atoms with van der Waals surface area (Å²) in [5, 5.41) is 13.8. The van der Waals surface area contributed by atoms with Gasteiger partial charge in [-0.15, -0.1) is 0 Å². The van der Waals surface area contributed by atoms with E-state index >= 15 is 0 Å². The van der Waals surface area contributed by atoms with Gasteiger partial charge in [0.05, 0.1) is 12.2 Å². The number of aliphatic hydroxyl groups excluding tert-OH is 1. The summed E-state index contributed by atoms with van der Waals surface area (Å²) in [6, 6.07) is 17.7. The van der Waals surface area contributed by atoms with Gasteiger partial charge in [-0.25, -0.2) is 0 Å². The molecule has 0 aliphatic heterocycles. The molecule has 0 saturated carbocycles. The fourth-order valence-electron chi connectivity index (χ4n) is 2.21. The Kier molecular flexibility index (Phi) is 3.35. The first-order valence-corrected chi connectivity index (χ1v) is 6.51. The maximum Gasteiger partial charge on any atom is 0.173 e. The van der Waals surface area contributed by atoms with Crippen molar-refractivity contribution in [2.45, 2.75) is 13.5 Å². The van der Waals surface area contributed by atoms with Gasteiger partial charge in [-0.1, -0.05) is 65.3 Å². The van der Waals surface area contributed by atoms with Gasteiger partial charge in [0.15, 0.2) is 5.76 Å². The van der Waals surface area contributed by atoms with Crippen LogP contribution in [0.1, 0.15) is 11.1 Å². The molecule has 100 valence electrons. The maximum atomic E-state index is 9.67. The number of nitrogens with zero attached hydrogens (tertiary/aromatic N) is 1. The lowest BCUT2D eigenvalue weighted by Crippen LogP contribution is -1.89. The highest BCUT2D eigenvalue weighted by atomic mass is 16.5. The topological polar surface area (TPSA) is 46.3 Å². The Morgan fingerprint density at radius 3 is 2.30 bits per heavy atom. The molecular weight excluding hydrogens is 250 g/mol. The highest BCUT2D eigenvalue weighted by Gasteiger charge is 2.17. The monoisotopic (exact) mass is 265 g/mol. The van der Waals surface area contributed by atoms with Crippen LogP contribution in [0.2, 0.25) is 0 Å². The van der Waals surface area contributed by atoms with Crippen LogP contribution in [0.5, 0.6) is 0 Å². The van der Waals surface area contributed by atoms with Crippen molar-refractivity contribution >= 4 is 0 Å². The summed E-state index contributed by atoms with van der Waals surface area (Å²) in [6.07, 6.45) is 0. The minimum absolute atomic E-state index is 0.100. The molecule has 0 unspecified atom stereocenters. The highest BCUT2D eigenvalue weighted by molar-refractivity contribution is 5.72. The van der Waals surface area contributed by atoms with Crippen molar-refractivity contribution in [1.82, 2.24) is 5.16 Å². The Morgan fingerprint density at radius 2 is 1.65 bits per heavy atom. The molecule has 0 atom stereocenters. The van der Waals surface area contributed by atoms with Crippen LogP contribution in [0.3, 0.4) is 0 Å². The number of hydrogen-bond donors (Lipinski definition) is 1. The molecule has 20 heavy (non-hydrogen) atoms. The molecule has 3 nitrogen and oxygen atoms in total. The second kappa shape index (κ2) is 5.31. The molecule has 0 radical (unpaired) electrons. The largest absolute Gasteiger partial charge is 0.391 e. The van der Waals surface area contributed by atoms with Crippen molar-refractivity contribution in [1.29, 1.82) is 0 Å². The average Bonchev–Trinajstić information content (AvgIpc) is 2.93. The SMILES string of the molecule is Cc1ccc(-c2onc(-c3ccccc3)c2CO)cc1. The Balaban J connectivity index is 2.10. The first-order chi connectivity index (χ1) is 9.79. The molecule has 1 aromatic heterocycles. The van der Waals surface area contributed by atoms with E-state index in [9.17, 15) is 5.11 Å². The first-order valence-electron chi connectivity index (χ1n) is 6.51. The summed E-state index contributed by atoms with van der Waals surface area (Å²) in [5.74, 6) is 0.631. The fourth-order valence-corrected chi connectivity index (χ4v) is 2.21. The van der Waals surface area contributed by atoms with Crippen LogP contribution in [-0.2, 0) is 6.61 Å². The third-order valence-corrected chi connectivity index (χ3v) is 3.31. The van der Waals surface area contributed by atoms with Crippen molar-refractivity contribution in [3.63, 3.8) is 0 Å². The lowest BCUT2D eigenvalue weighted by Gasteiger charge is -2.01. The smallest absolute Gasteiger partial charge is 0.173 e. The van der Waals surface area contributed by atoms with Crippen molar-refractivity contribution in [3.05, 3.63) is 65.7 Å². The molecule has 0 saturated heterocycles. The number of benzene rings is 2. The normalized spacial score (nSPS) is 10.7. The van der Waals surface area contributed by atoms with Crippen molar-refractivity contribution in [2.24, 2.45) is 0 Å². The van der Waals surface area contributed by atoms with Gasteiger partial charge in [0.25, 0.3) is 0 Å². The Morgan fingerprint density at radius 1 is 0.950 bits per heavy atom.